The standard InChI is InChI=1S/C19H20N4OS2/c1-12(2)15-8-6-14(7-9-15)11-20-23-19-22-17(16-5-4-10-25-16)18(26-19)21-13(3)24/h4-12H,1-3H3,(H,21,24)(H,22,23). The van der Waals surface area contributed by atoms with Crippen LogP contribution in [0.3, 0.4) is 0 Å². The Labute approximate surface area is 160 Å². The number of benzene rings is 1. The van der Waals surface area contributed by atoms with Gasteiger partial charge in [-0.05, 0) is 28.5 Å². The molecule has 0 spiro atoms. The normalized spacial score (nSPS) is 11.2. The van der Waals surface area contributed by atoms with Gasteiger partial charge in [-0.15, -0.1) is 11.3 Å². The Balaban J connectivity index is 1.74. The van der Waals surface area contributed by atoms with Gasteiger partial charge in [-0.3, -0.25) is 10.2 Å². The van der Waals surface area contributed by atoms with Crippen LogP contribution in [0.15, 0.2) is 46.9 Å². The highest BCUT2D eigenvalue weighted by atomic mass is 32.1. The van der Waals surface area contributed by atoms with Gasteiger partial charge in [0.15, 0.2) is 0 Å². The van der Waals surface area contributed by atoms with Crippen molar-refractivity contribution in [3.05, 3.63) is 52.9 Å². The molecule has 1 aromatic carbocycles. The van der Waals surface area contributed by atoms with Crippen LogP contribution < -0.4 is 10.7 Å². The van der Waals surface area contributed by atoms with Crippen LogP contribution in [0.1, 0.15) is 37.8 Å². The maximum atomic E-state index is 11.4. The molecule has 0 radical (unpaired) electrons. The summed E-state index contributed by atoms with van der Waals surface area (Å²) in [5.41, 5.74) is 6.03. The van der Waals surface area contributed by atoms with Crippen LogP contribution in [0.2, 0.25) is 0 Å². The smallest absolute Gasteiger partial charge is 0.221 e. The van der Waals surface area contributed by atoms with Crippen molar-refractivity contribution in [2.45, 2.75) is 26.7 Å². The van der Waals surface area contributed by atoms with Crippen molar-refractivity contribution in [1.29, 1.82) is 0 Å². The lowest BCUT2D eigenvalue weighted by Gasteiger charge is -2.04. The molecular weight excluding hydrogens is 364 g/mol. The predicted molar refractivity (Wildman–Crippen MR) is 111 cm³/mol. The zero-order valence-electron chi connectivity index (χ0n) is 14.8. The van der Waals surface area contributed by atoms with Gasteiger partial charge in [0.2, 0.25) is 11.0 Å². The van der Waals surface area contributed by atoms with Gasteiger partial charge in [0.05, 0.1) is 11.1 Å². The number of thiazole rings is 1. The van der Waals surface area contributed by atoms with Gasteiger partial charge in [0, 0.05) is 6.92 Å². The summed E-state index contributed by atoms with van der Waals surface area (Å²) < 4.78 is 0. The van der Waals surface area contributed by atoms with Gasteiger partial charge >= 0.3 is 0 Å². The number of hydrazone groups is 1. The molecule has 0 bridgehead atoms. The Bertz CT molecular complexity index is 896. The highest BCUT2D eigenvalue weighted by molar-refractivity contribution is 7.21. The summed E-state index contributed by atoms with van der Waals surface area (Å²) in [5.74, 6) is 0.393. The number of hydrogen-bond acceptors (Lipinski definition) is 6. The van der Waals surface area contributed by atoms with Gasteiger partial charge in [-0.2, -0.15) is 5.10 Å². The number of carbonyl (C=O) groups is 1. The molecular formula is C19H20N4OS2. The van der Waals surface area contributed by atoms with Crippen LogP contribution in [0, 0.1) is 0 Å². The van der Waals surface area contributed by atoms with Crippen LogP contribution in [0.4, 0.5) is 10.1 Å². The predicted octanol–water partition coefficient (Wildman–Crippen LogP) is 5.40. The summed E-state index contributed by atoms with van der Waals surface area (Å²) in [7, 11) is 0. The van der Waals surface area contributed by atoms with Crippen LogP contribution in [0.5, 0.6) is 0 Å². The molecule has 0 aliphatic rings. The number of nitrogens with zero attached hydrogens (tertiary/aromatic N) is 2. The summed E-state index contributed by atoms with van der Waals surface area (Å²) in [4.78, 5) is 17.0. The van der Waals surface area contributed by atoms with Crippen LogP contribution >= 0.6 is 22.7 Å². The van der Waals surface area contributed by atoms with Gasteiger partial charge in [-0.25, -0.2) is 4.98 Å². The minimum atomic E-state index is -0.119. The lowest BCUT2D eigenvalue weighted by molar-refractivity contribution is -0.114. The largest absolute Gasteiger partial charge is 0.316 e. The van der Waals surface area contributed by atoms with E-state index in [1.807, 2.05) is 29.6 Å². The topological polar surface area (TPSA) is 66.4 Å². The highest BCUT2D eigenvalue weighted by Crippen LogP contribution is 2.37. The molecule has 0 saturated carbocycles. The van der Waals surface area contributed by atoms with Crippen molar-refractivity contribution in [3.63, 3.8) is 0 Å². The molecule has 3 rings (SSSR count). The van der Waals surface area contributed by atoms with E-state index in [9.17, 15) is 4.79 Å². The number of anilines is 2. The van der Waals surface area contributed by atoms with Gasteiger partial charge in [0.1, 0.15) is 10.7 Å². The van der Waals surface area contributed by atoms with Gasteiger partial charge < -0.3 is 5.32 Å². The summed E-state index contributed by atoms with van der Waals surface area (Å²) in [6, 6.07) is 12.3. The molecule has 7 heteroatoms. The van der Waals surface area contributed by atoms with E-state index < -0.39 is 0 Å². The Morgan fingerprint density at radius 1 is 1.23 bits per heavy atom. The molecule has 0 fully saturated rings. The molecule has 0 aliphatic heterocycles. The van der Waals surface area contributed by atoms with E-state index in [-0.39, 0.29) is 5.91 Å². The fourth-order valence-corrected chi connectivity index (χ4v) is 3.98. The van der Waals surface area contributed by atoms with E-state index in [0.29, 0.717) is 11.0 Å². The second-order valence-electron chi connectivity index (χ2n) is 6.05. The number of aromatic nitrogens is 1. The minimum absolute atomic E-state index is 0.119. The van der Waals surface area contributed by atoms with E-state index >= 15 is 0 Å². The maximum absolute atomic E-state index is 11.4. The van der Waals surface area contributed by atoms with E-state index in [1.165, 1.54) is 23.8 Å². The third kappa shape index (κ3) is 4.56. The Morgan fingerprint density at radius 3 is 2.62 bits per heavy atom. The molecule has 3 aromatic rings. The van der Waals surface area contributed by atoms with Gasteiger partial charge in [0.25, 0.3) is 0 Å². The number of thiophene rings is 1. The van der Waals surface area contributed by atoms with Crippen LogP contribution in [-0.2, 0) is 4.79 Å². The first-order valence-corrected chi connectivity index (χ1v) is 9.94. The van der Waals surface area contributed by atoms with Crippen molar-refractivity contribution in [3.8, 4) is 10.6 Å². The molecule has 134 valence electrons. The number of hydrogen-bond donors (Lipinski definition) is 2. The Hall–Kier alpha value is -2.51. The summed E-state index contributed by atoms with van der Waals surface area (Å²) >= 11 is 2.95. The molecule has 0 atom stereocenters. The van der Waals surface area contributed by atoms with E-state index in [1.54, 1.807) is 17.6 Å². The third-order valence-electron chi connectivity index (χ3n) is 3.65. The fraction of sp³-hybridized carbons (Fsp3) is 0.211. The number of carbonyl (C=O) groups excluding carboxylic acids is 1. The van der Waals surface area contributed by atoms with Crippen LogP contribution in [-0.4, -0.2) is 17.1 Å². The quantitative estimate of drug-likeness (QED) is 0.442. The molecule has 0 saturated heterocycles. The maximum Gasteiger partial charge on any atom is 0.221 e. The van der Waals surface area contributed by atoms with E-state index in [2.05, 4.69) is 46.8 Å². The first kappa shape index (κ1) is 18.3. The molecule has 2 heterocycles. The lowest BCUT2D eigenvalue weighted by atomic mass is 10.0. The number of rotatable bonds is 6. The highest BCUT2D eigenvalue weighted by Gasteiger charge is 2.14. The third-order valence-corrected chi connectivity index (χ3v) is 5.40. The fourth-order valence-electron chi connectivity index (χ4n) is 2.32. The average Bonchev–Trinajstić information content (AvgIpc) is 3.24. The monoisotopic (exact) mass is 384 g/mol. The summed E-state index contributed by atoms with van der Waals surface area (Å²) in [6.07, 6.45) is 1.76. The first-order chi connectivity index (χ1) is 12.5. The zero-order chi connectivity index (χ0) is 18.5. The van der Waals surface area contributed by atoms with E-state index in [0.717, 1.165) is 21.1 Å². The average molecular weight is 385 g/mol. The molecule has 5 nitrogen and oxygen atoms in total. The van der Waals surface area contributed by atoms with Crippen molar-refractivity contribution in [2.24, 2.45) is 5.10 Å². The second kappa shape index (κ2) is 8.25. The zero-order valence-corrected chi connectivity index (χ0v) is 16.4. The van der Waals surface area contributed by atoms with Crippen LogP contribution in [0.25, 0.3) is 10.6 Å². The molecule has 2 aromatic heterocycles. The molecule has 1 amide bonds. The molecule has 26 heavy (non-hydrogen) atoms. The lowest BCUT2D eigenvalue weighted by Crippen LogP contribution is -2.04. The molecule has 0 unspecified atom stereocenters. The van der Waals surface area contributed by atoms with Crippen molar-refractivity contribution >= 4 is 44.9 Å². The second-order valence-corrected chi connectivity index (χ2v) is 7.99. The van der Waals surface area contributed by atoms with Crippen molar-refractivity contribution in [1.82, 2.24) is 4.98 Å². The summed E-state index contributed by atoms with van der Waals surface area (Å²) in [5, 5.41) is 10.4. The minimum Gasteiger partial charge on any atom is -0.316 e. The molecule has 2 N–H and O–H groups in total. The Kier molecular flexibility index (Phi) is 5.80. The summed E-state index contributed by atoms with van der Waals surface area (Å²) in [6.45, 7) is 5.83. The van der Waals surface area contributed by atoms with Crippen molar-refractivity contribution in [2.75, 3.05) is 10.7 Å². The Morgan fingerprint density at radius 2 is 2.00 bits per heavy atom. The molecule has 0 aliphatic carbocycles. The van der Waals surface area contributed by atoms with Crippen molar-refractivity contribution < 1.29 is 4.79 Å². The SMILES string of the molecule is CC(=O)Nc1sc(NN=Cc2ccc(C(C)C)cc2)nc1-c1cccs1. The van der Waals surface area contributed by atoms with Gasteiger partial charge in [-0.1, -0.05) is 55.5 Å². The number of nitrogens with one attached hydrogen (secondary N) is 2. The van der Waals surface area contributed by atoms with E-state index in [4.69, 9.17) is 0 Å². The first-order valence-electron chi connectivity index (χ1n) is 8.24. The number of amides is 1.